The Bertz CT molecular complexity index is 678. The average Bonchev–Trinajstić information content (AvgIpc) is 3.17. The van der Waals surface area contributed by atoms with E-state index in [0.29, 0.717) is 24.6 Å². The van der Waals surface area contributed by atoms with Crippen LogP contribution in [0, 0.1) is 17.4 Å². The predicted octanol–water partition coefficient (Wildman–Crippen LogP) is 1.95. The van der Waals surface area contributed by atoms with Gasteiger partial charge in [-0.3, -0.25) is 9.78 Å². The van der Waals surface area contributed by atoms with E-state index in [1.807, 2.05) is 12.1 Å². The number of carbonyl (C=O) groups excluding carboxylic acids is 1. The summed E-state index contributed by atoms with van der Waals surface area (Å²) in [7, 11) is 0. The van der Waals surface area contributed by atoms with E-state index >= 15 is 0 Å². The number of hydrogen-bond donors (Lipinski definition) is 1. The first-order chi connectivity index (χ1) is 10.3. The highest BCUT2D eigenvalue weighted by atomic mass is 32.1. The summed E-state index contributed by atoms with van der Waals surface area (Å²) in [6.07, 6.45) is 7.97. The number of anilines is 1. The monoisotopic (exact) mass is 299 g/mol. The van der Waals surface area contributed by atoms with Crippen LogP contribution in [-0.2, 0) is 4.79 Å². The van der Waals surface area contributed by atoms with Gasteiger partial charge in [0.05, 0.1) is 10.8 Å². The van der Waals surface area contributed by atoms with Gasteiger partial charge in [0.2, 0.25) is 5.91 Å². The highest BCUT2D eigenvalue weighted by Crippen LogP contribution is 2.29. The molecule has 0 aromatic carbocycles. The van der Waals surface area contributed by atoms with Crippen molar-refractivity contribution in [3.8, 4) is 16.6 Å². The molecule has 21 heavy (non-hydrogen) atoms. The summed E-state index contributed by atoms with van der Waals surface area (Å²) in [6, 6.07) is 3.81. The van der Waals surface area contributed by atoms with Crippen LogP contribution in [0.2, 0.25) is 0 Å². The zero-order valence-electron chi connectivity index (χ0n) is 11.2. The van der Waals surface area contributed by atoms with Gasteiger partial charge in [-0.2, -0.15) is 5.26 Å². The fourth-order valence-electron chi connectivity index (χ4n) is 2.25. The molecule has 0 spiro atoms. The molecule has 3 rings (SSSR count). The zero-order chi connectivity index (χ0) is 14.7. The second-order valence-corrected chi connectivity index (χ2v) is 5.82. The van der Waals surface area contributed by atoms with Gasteiger partial charge in [-0.1, -0.05) is 11.3 Å². The summed E-state index contributed by atoms with van der Waals surface area (Å²) in [5, 5.41) is 12.2. The molecule has 1 aliphatic rings. The van der Waals surface area contributed by atoms with E-state index < -0.39 is 0 Å². The lowest BCUT2D eigenvalue weighted by Crippen LogP contribution is -2.25. The number of thiazole rings is 1. The molecule has 0 bridgehead atoms. The van der Waals surface area contributed by atoms with Crippen LogP contribution in [0.5, 0.6) is 0 Å². The Morgan fingerprint density at radius 2 is 2.29 bits per heavy atom. The minimum Gasteiger partial charge on any atom is -0.310 e. The highest BCUT2D eigenvalue weighted by Gasteiger charge is 2.28. The maximum Gasteiger partial charge on any atom is 0.231 e. The van der Waals surface area contributed by atoms with Crippen molar-refractivity contribution in [1.29, 1.82) is 5.26 Å². The van der Waals surface area contributed by atoms with E-state index in [2.05, 4.69) is 21.5 Å². The lowest BCUT2D eigenvalue weighted by molar-refractivity contribution is -0.119. The van der Waals surface area contributed by atoms with Crippen molar-refractivity contribution in [2.24, 2.45) is 5.92 Å². The number of nitriles is 1. The first kappa shape index (κ1) is 13.5. The Morgan fingerprint density at radius 1 is 1.48 bits per heavy atom. The predicted molar refractivity (Wildman–Crippen MR) is 79.3 cm³/mol. The third-order valence-corrected chi connectivity index (χ3v) is 4.36. The number of rotatable bonds is 3. The molecule has 1 fully saturated rings. The molecule has 1 saturated heterocycles. The number of pyridine rings is 1. The summed E-state index contributed by atoms with van der Waals surface area (Å²) in [5.74, 6) is -0.207. The maximum atomic E-state index is 12.1. The fourth-order valence-corrected chi connectivity index (χ4v) is 3.08. The molecule has 0 radical (unpaired) electrons. The number of nitrogens with zero attached hydrogens (tertiary/aromatic N) is 4. The van der Waals surface area contributed by atoms with Gasteiger partial charge in [-0.25, -0.2) is 4.98 Å². The normalized spacial score (nSPS) is 17.5. The summed E-state index contributed by atoms with van der Waals surface area (Å²) in [6.45, 7) is 1.14. The van der Waals surface area contributed by atoms with Crippen LogP contribution in [0.3, 0.4) is 0 Å². The summed E-state index contributed by atoms with van der Waals surface area (Å²) >= 11 is 1.43. The molecule has 106 valence electrons. The molecule has 1 amide bonds. The van der Waals surface area contributed by atoms with E-state index in [1.54, 1.807) is 23.5 Å². The van der Waals surface area contributed by atoms with Crippen molar-refractivity contribution in [2.45, 2.75) is 6.42 Å². The molecule has 2 aromatic heterocycles. The molecule has 1 N–H and O–H groups in total. The molecular formula is C14H13N5OS. The maximum absolute atomic E-state index is 12.1. The minimum atomic E-state index is -0.141. The molecule has 2 aromatic rings. The molecule has 0 aliphatic carbocycles. The lowest BCUT2D eigenvalue weighted by atomic mass is 10.1. The summed E-state index contributed by atoms with van der Waals surface area (Å²) < 4.78 is 0. The molecule has 1 unspecified atom stereocenters. The third kappa shape index (κ3) is 3.01. The van der Waals surface area contributed by atoms with Crippen molar-refractivity contribution in [3.63, 3.8) is 0 Å². The first-order valence-corrected chi connectivity index (χ1v) is 7.39. The quantitative estimate of drug-likeness (QED) is 0.876. The lowest BCUT2D eigenvalue weighted by Gasteiger charge is -2.08. The molecular weight excluding hydrogens is 286 g/mol. The Balaban J connectivity index is 1.65. The Labute approximate surface area is 126 Å². The first-order valence-electron chi connectivity index (χ1n) is 6.58. The Morgan fingerprint density at radius 3 is 3.00 bits per heavy atom. The van der Waals surface area contributed by atoms with E-state index in [4.69, 9.17) is 5.26 Å². The number of hydrogen-bond acceptors (Lipinski definition) is 6. The number of nitrogens with one attached hydrogen (secondary N) is 1. The Kier molecular flexibility index (Phi) is 3.79. The van der Waals surface area contributed by atoms with Crippen LogP contribution >= 0.6 is 11.3 Å². The van der Waals surface area contributed by atoms with Crippen LogP contribution in [0.25, 0.3) is 10.4 Å². The second-order valence-electron chi connectivity index (χ2n) is 4.79. The van der Waals surface area contributed by atoms with Crippen molar-refractivity contribution in [2.75, 3.05) is 18.4 Å². The van der Waals surface area contributed by atoms with Crippen LogP contribution in [0.1, 0.15) is 6.42 Å². The van der Waals surface area contributed by atoms with E-state index in [9.17, 15) is 4.79 Å². The van der Waals surface area contributed by atoms with Crippen LogP contribution in [0.15, 0.2) is 30.7 Å². The number of amides is 1. The average molecular weight is 299 g/mol. The van der Waals surface area contributed by atoms with Gasteiger partial charge in [0.15, 0.2) is 11.3 Å². The van der Waals surface area contributed by atoms with Gasteiger partial charge in [-0.05, 0) is 24.1 Å². The van der Waals surface area contributed by atoms with Crippen LogP contribution < -0.4 is 5.32 Å². The van der Waals surface area contributed by atoms with Crippen molar-refractivity contribution >= 4 is 22.4 Å². The second kappa shape index (κ2) is 5.89. The number of likely N-dealkylation sites (tertiary alicyclic amines) is 1. The van der Waals surface area contributed by atoms with Crippen LogP contribution in [0.4, 0.5) is 5.13 Å². The molecule has 0 saturated carbocycles. The third-order valence-electron chi connectivity index (χ3n) is 3.40. The Hall–Kier alpha value is -2.46. The molecule has 1 atom stereocenters. The fraction of sp³-hybridized carbons (Fsp3) is 0.286. The van der Waals surface area contributed by atoms with Gasteiger partial charge < -0.3 is 10.2 Å². The van der Waals surface area contributed by atoms with E-state index in [-0.39, 0.29) is 11.8 Å². The van der Waals surface area contributed by atoms with Crippen molar-refractivity contribution < 1.29 is 4.79 Å². The molecule has 6 nitrogen and oxygen atoms in total. The zero-order valence-corrected chi connectivity index (χ0v) is 12.0. The topological polar surface area (TPSA) is 81.9 Å². The summed E-state index contributed by atoms with van der Waals surface area (Å²) in [4.78, 5) is 22.9. The van der Waals surface area contributed by atoms with Gasteiger partial charge in [0.1, 0.15) is 0 Å². The van der Waals surface area contributed by atoms with E-state index in [0.717, 1.165) is 10.4 Å². The van der Waals surface area contributed by atoms with Crippen molar-refractivity contribution in [3.05, 3.63) is 30.7 Å². The van der Waals surface area contributed by atoms with E-state index in [1.165, 1.54) is 11.3 Å². The standard InChI is InChI=1S/C14H13N5OS/c15-9-19-6-3-11(8-19)13(20)18-14-17-7-12(21-14)10-1-4-16-5-2-10/h1-2,4-5,7,11H,3,6,8H2,(H,17,18,20). The number of aromatic nitrogens is 2. The summed E-state index contributed by atoms with van der Waals surface area (Å²) in [5.41, 5.74) is 1.03. The largest absolute Gasteiger partial charge is 0.310 e. The molecule has 3 heterocycles. The molecule has 7 heteroatoms. The smallest absolute Gasteiger partial charge is 0.231 e. The van der Waals surface area contributed by atoms with Gasteiger partial charge in [0, 0.05) is 31.7 Å². The SMILES string of the molecule is N#CN1CCC(C(=O)Nc2ncc(-c3ccncc3)s2)C1. The van der Waals surface area contributed by atoms with Gasteiger partial charge >= 0.3 is 0 Å². The van der Waals surface area contributed by atoms with Crippen LogP contribution in [-0.4, -0.2) is 33.9 Å². The van der Waals surface area contributed by atoms with Gasteiger partial charge in [0.25, 0.3) is 0 Å². The number of carbonyl (C=O) groups is 1. The van der Waals surface area contributed by atoms with Gasteiger partial charge in [-0.15, -0.1) is 0 Å². The highest BCUT2D eigenvalue weighted by molar-refractivity contribution is 7.19. The minimum absolute atomic E-state index is 0.0663. The molecule has 1 aliphatic heterocycles. The van der Waals surface area contributed by atoms with Crippen molar-refractivity contribution in [1.82, 2.24) is 14.9 Å².